The highest BCUT2D eigenvalue weighted by Crippen LogP contribution is 2.22. The molecule has 1 aromatic rings. The summed E-state index contributed by atoms with van der Waals surface area (Å²) in [5, 5.41) is 3.40. The van der Waals surface area contributed by atoms with Gasteiger partial charge in [-0.3, -0.25) is 4.79 Å². The first-order valence-electron chi connectivity index (χ1n) is 7.71. The first kappa shape index (κ1) is 17.6. The minimum Gasteiger partial charge on any atom is -0.460 e. The summed E-state index contributed by atoms with van der Waals surface area (Å²) >= 11 is 0. The Kier molecular flexibility index (Phi) is 6.03. The first-order valence-corrected chi connectivity index (χ1v) is 7.71. The highest BCUT2D eigenvalue weighted by molar-refractivity contribution is 5.77. The van der Waals surface area contributed by atoms with Crippen molar-refractivity contribution in [3.8, 4) is 0 Å². The minimum atomic E-state index is -0.784. The largest absolute Gasteiger partial charge is 0.460 e. The quantitative estimate of drug-likeness (QED) is 0.357. The van der Waals surface area contributed by atoms with Crippen molar-refractivity contribution < 1.29 is 19.1 Å². The van der Waals surface area contributed by atoms with E-state index in [0.717, 1.165) is 5.56 Å². The van der Waals surface area contributed by atoms with Crippen molar-refractivity contribution in [3.05, 3.63) is 46.3 Å². The van der Waals surface area contributed by atoms with Crippen LogP contribution in [0.1, 0.15) is 25.3 Å². The van der Waals surface area contributed by atoms with Crippen LogP contribution in [0, 0.1) is 0 Å². The first-order chi connectivity index (χ1) is 11.5. The third-order valence-electron chi connectivity index (χ3n) is 4.10. The van der Waals surface area contributed by atoms with E-state index in [0.29, 0.717) is 12.8 Å². The van der Waals surface area contributed by atoms with Crippen molar-refractivity contribution in [2.75, 3.05) is 7.05 Å². The summed E-state index contributed by atoms with van der Waals surface area (Å²) in [7, 11) is 1.60. The molecule has 0 aromatic heterocycles. The molecule has 1 heterocycles. The second-order valence-corrected chi connectivity index (χ2v) is 5.67. The predicted molar refractivity (Wildman–Crippen MR) is 85.9 cm³/mol. The number of likely N-dealkylation sites (N-methyl/N-ethyl adjacent to an activating group) is 1. The maximum Gasteiger partial charge on any atom is 0.410 e. The average Bonchev–Trinajstić information content (AvgIpc) is 2.61. The van der Waals surface area contributed by atoms with Crippen LogP contribution in [0.4, 0.5) is 4.79 Å². The second kappa shape index (κ2) is 8.21. The van der Waals surface area contributed by atoms with Crippen molar-refractivity contribution in [2.45, 2.75) is 44.6 Å². The summed E-state index contributed by atoms with van der Waals surface area (Å²) in [5.74, 6) is -0.554. The molecule has 0 spiro atoms. The van der Waals surface area contributed by atoms with Gasteiger partial charge >= 0.3 is 12.1 Å². The summed E-state index contributed by atoms with van der Waals surface area (Å²) < 4.78 is 10.6. The fourth-order valence-corrected chi connectivity index (χ4v) is 2.47. The lowest BCUT2D eigenvalue weighted by molar-refractivity contribution is -0.159. The molecule has 1 saturated heterocycles. The summed E-state index contributed by atoms with van der Waals surface area (Å²) in [6, 6.07) is 8.25. The van der Waals surface area contributed by atoms with Gasteiger partial charge in [0.2, 0.25) is 0 Å². The van der Waals surface area contributed by atoms with Gasteiger partial charge in [0.15, 0.2) is 0 Å². The van der Waals surface area contributed by atoms with E-state index in [-0.39, 0.29) is 12.6 Å². The Hall–Kier alpha value is -2.73. The lowest BCUT2D eigenvalue weighted by atomic mass is 10.00. The molecule has 8 heteroatoms. The van der Waals surface area contributed by atoms with Gasteiger partial charge in [0.05, 0.1) is 6.04 Å². The number of hydrogen-bond acceptors (Lipinski definition) is 5. The van der Waals surface area contributed by atoms with Crippen LogP contribution in [0.15, 0.2) is 35.4 Å². The van der Waals surface area contributed by atoms with E-state index in [1.165, 1.54) is 4.90 Å². The highest BCUT2D eigenvalue weighted by atomic mass is 16.6. The zero-order chi connectivity index (χ0) is 17.5. The topological polar surface area (TPSA) is 105 Å². The number of azide groups is 1. The van der Waals surface area contributed by atoms with Crippen LogP contribution >= 0.6 is 0 Å². The molecule has 8 nitrogen and oxygen atoms in total. The van der Waals surface area contributed by atoms with Gasteiger partial charge in [0.1, 0.15) is 18.8 Å². The molecular formula is C16H20N4O4. The van der Waals surface area contributed by atoms with Crippen LogP contribution in [0.2, 0.25) is 0 Å². The number of esters is 1. The lowest BCUT2D eigenvalue weighted by Gasteiger charge is -2.34. The summed E-state index contributed by atoms with van der Waals surface area (Å²) in [6.45, 7) is 1.97. The van der Waals surface area contributed by atoms with E-state index >= 15 is 0 Å². The van der Waals surface area contributed by atoms with Crippen molar-refractivity contribution >= 4 is 12.1 Å². The number of ether oxygens (including phenoxy) is 2. The summed E-state index contributed by atoms with van der Waals surface area (Å²) in [5.41, 5.74) is 9.30. The Bertz CT molecular complexity index is 630. The molecule has 1 aliphatic heterocycles. The molecule has 3 atom stereocenters. The maximum atomic E-state index is 12.1. The number of cyclic esters (lactones) is 1. The van der Waals surface area contributed by atoms with E-state index in [1.54, 1.807) is 14.0 Å². The molecule has 2 rings (SSSR count). The molecule has 1 amide bonds. The van der Waals surface area contributed by atoms with E-state index in [4.69, 9.17) is 15.0 Å². The standard InChI is InChI=1S/C16H20N4O4/c1-11(14-9-8-13(18-19-17)15(21)24-14)20(2)16(22)23-10-12-6-4-3-5-7-12/h3-7,11,13-14H,8-10H2,1-2H3/t11-,13?,14-/m0/s1. The fraction of sp³-hybridized carbons (Fsp3) is 0.500. The van der Waals surface area contributed by atoms with Gasteiger partial charge in [-0.25, -0.2) is 4.79 Å². The van der Waals surface area contributed by atoms with Crippen LogP contribution in [0.25, 0.3) is 10.4 Å². The molecule has 24 heavy (non-hydrogen) atoms. The molecule has 1 aliphatic rings. The van der Waals surface area contributed by atoms with Crippen LogP contribution in [-0.4, -0.2) is 42.2 Å². The molecule has 1 aromatic carbocycles. The third-order valence-corrected chi connectivity index (χ3v) is 4.10. The third kappa shape index (κ3) is 4.39. The minimum absolute atomic E-state index is 0.181. The van der Waals surface area contributed by atoms with Crippen molar-refractivity contribution in [1.29, 1.82) is 0 Å². The van der Waals surface area contributed by atoms with Crippen LogP contribution in [-0.2, 0) is 20.9 Å². The number of hydrogen-bond donors (Lipinski definition) is 0. The van der Waals surface area contributed by atoms with Gasteiger partial charge in [-0.05, 0) is 30.9 Å². The van der Waals surface area contributed by atoms with Crippen LogP contribution < -0.4 is 0 Å². The molecule has 0 aliphatic carbocycles. The second-order valence-electron chi connectivity index (χ2n) is 5.67. The van der Waals surface area contributed by atoms with Gasteiger partial charge in [-0.15, -0.1) is 0 Å². The average molecular weight is 332 g/mol. The summed E-state index contributed by atoms with van der Waals surface area (Å²) in [4.78, 5) is 28.0. The van der Waals surface area contributed by atoms with Gasteiger partial charge in [-0.2, -0.15) is 0 Å². The SMILES string of the molecule is C[C@@H]([C@@H]1CCC(N=[N+]=[N-])C(=O)O1)N(C)C(=O)OCc1ccccc1. The van der Waals surface area contributed by atoms with Crippen molar-refractivity contribution in [2.24, 2.45) is 5.11 Å². The molecule has 0 bridgehead atoms. The molecule has 1 fully saturated rings. The molecular weight excluding hydrogens is 312 g/mol. The number of nitrogens with zero attached hydrogens (tertiary/aromatic N) is 4. The molecule has 128 valence electrons. The Morgan fingerprint density at radius 3 is 2.79 bits per heavy atom. The van der Waals surface area contributed by atoms with Crippen LogP contribution in [0.3, 0.4) is 0 Å². The maximum absolute atomic E-state index is 12.1. The molecule has 0 N–H and O–H groups in total. The fourth-order valence-electron chi connectivity index (χ4n) is 2.47. The van der Waals surface area contributed by atoms with E-state index < -0.39 is 24.2 Å². The normalized spacial score (nSPS) is 21.2. The highest BCUT2D eigenvalue weighted by Gasteiger charge is 2.35. The Morgan fingerprint density at radius 2 is 2.17 bits per heavy atom. The molecule has 0 radical (unpaired) electrons. The van der Waals surface area contributed by atoms with Crippen molar-refractivity contribution in [3.63, 3.8) is 0 Å². The van der Waals surface area contributed by atoms with Gasteiger partial charge < -0.3 is 14.4 Å². The summed E-state index contributed by atoms with van der Waals surface area (Å²) in [6.07, 6.45) is -0.00553. The number of rotatable bonds is 5. The molecule has 0 saturated carbocycles. The van der Waals surface area contributed by atoms with E-state index in [9.17, 15) is 9.59 Å². The van der Waals surface area contributed by atoms with Crippen molar-refractivity contribution in [1.82, 2.24) is 4.90 Å². The molecule has 1 unspecified atom stereocenters. The smallest absolute Gasteiger partial charge is 0.410 e. The number of amides is 1. The zero-order valence-electron chi connectivity index (χ0n) is 13.7. The number of carbonyl (C=O) groups is 2. The zero-order valence-corrected chi connectivity index (χ0v) is 13.7. The predicted octanol–water partition coefficient (Wildman–Crippen LogP) is 3.03. The monoisotopic (exact) mass is 332 g/mol. The lowest BCUT2D eigenvalue weighted by Crippen LogP contribution is -2.48. The Morgan fingerprint density at radius 1 is 1.46 bits per heavy atom. The van der Waals surface area contributed by atoms with Gasteiger partial charge in [0, 0.05) is 12.0 Å². The number of benzene rings is 1. The van der Waals surface area contributed by atoms with E-state index in [1.807, 2.05) is 30.3 Å². The number of carbonyl (C=O) groups excluding carboxylic acids is 2. The Balaban J connectivity index is 1.87. The van der Waals surface area contributed by atoms with Gasteiger partial charge in [-0.1, -0.05) is 35.4 Å². The Labute approximate surface area is 140 Å². The van der Waals surface area contributed by atoms with Gasteiger partial charge in [0.25, 0.3) is 0 Å². The van der Waals surface area contributed by atoms with E-state index in [2.05, 4.69) is 10.0 Å². The van der Waals surface area contributed by atoms with Crippen LogP contribution in [0.5, 0.6) is 0 Å².